The fourth-order valence-electron chi connectivity index (χ4n) is 2.05. The topological polar surface area (TPSA) is 47.9 Å². The molecule has 118 valence electrons. The summed E-state index contributed by atoms with van der Waals surface area (Å²) in [5.41, 5.74) is 2.23. The van der Waals surface area contributed by atoms with Crippen molar-refractivity contribution in [2.45, 2.75) is 6.42 Å². The molecule has 4 heteroatoms. The molecule has 0 aliphatic carbocycles. The van der Waals surface area contributed by atoms with Crippen LogP contribution in [0.25, 0.3) is 5.57 Å². The van der Waals surface area contributed by atoms with Gasteiger partial charge in [0.1, 0.15) is 11.3 Å². The van der Waals surface area contributed by atoms with Gasteiger partial charge in [-0.15, -0.1) is 0 Å². The lowest BCUT2D eigenvalue weighted by Gasteiger charge is -2.02. The van der Waals surface area contributed by atoms with Gasteiger partial charge in [-0.3, -0.25) is 0 Å². The van der Waals surface area contributed by atoms with Gasteiger partial charge in [0.25, 0.3) is 0 Å². The van der Waals surface area contributed by atoms with Crippen LogP contribution in [0.4, 0.5) is 0 Å². The lowest BCUT2D eigenvalue weighted by molar-refractivity contribution is -0.133. The molecule has 0 heterocycles. The van der Waals surface area contributed by atoms with Crippen LogP contribution in [0.2, 0.25) is 0 Å². The van der Waals surface area contributed by atoms with Crippen molar-refractivity contribution in [3.8, 4) is 5.75 Å². The van der Waals surface area contributed by atoms with Crippen LogP contribution < -0.4 is 4.74 Å². The van der Waals surface area contributed by atoms with E-state index in [2.05, 4.69) is 10.9 Å². The van der Waals surface area contributed by atoms with Crippen LogP contribution in [0.5, 0.6) is 5.75 Å². The number of rotatable bonds is 6. The molecular weight excluding hydrogens is 290 g/mol. The fraction of sp³-hybridized carbons (Fsp3) is 0.211. The van der Waals surface area contributed by atoms with Crippen molar-refractivity contribution < 1.29 is 14.3 Å². The highest BCUT2D eigenvalue weighted by Gasteiger charge is 2.11. The average molecular weight is 309 g/mol. The normalized spacial score (nSPS) is 9.65. The van der Waals surface area contributed by atoms with Crippen LogP contribution in [0.3, 0.4) is 0 Å². The number of esters is 1. The number of methoxy groups -OCH3 is 2. The van der Waals surface area contributed by atoms with Crippen LogP contribution in [0.15, 0.2) is 59.6 Å². The van der Waals surface area contributed by atoms with Gasteiger partial charge in [0.15, 0.2) is 0 Å². The molecule has 23 heavy (non-hydrogen) atoms. The molecule has 0 atom stereocenters. The van der Waals surface area contributed by atoms with Crippen LogP contribution >= 0.6 is 0 Å². The Hall–Kier alpha value is -2.84. The average Bonchev–Trinajstić information content (AvgIpc) is 2.62. The summed E-state index contributed by atoms with van der Waals surface area (Å²) >= 11 is 0. The number of ether oxygens (including phenoxy) is 2. The molecule has 2 rings (SSSR count). The van der Waals surface area contributed by atoms with E-state index in [1.165, 1.54) is 7.11 Å². The highest BCUT2D eigenvalue weighted by molar-refractivity contribution is 6.25. The molecule has 0 N–H and O–H groups in total. The maximum absolute atomic E-state index is 11.9. The van der Waals surface area contributed by atoms with E-state index < -0.39 is 5.97 Å². The summed E-state index contributed by atoms with van der Waals surface area (Å²) in [5.74, 6) is 3.21. The Morgan fingerprint density at radius 1 is 1.04 bits per heavy atom. The molecule has 0 amide bonds. The molecule has 0 aliphatic heterocycles. The Bertz CT molecular complexity index is 699. The lowest BCUT2D eigenvalue weighted by Crippen LogP contribution is -2.04. The highest BCUT2D eigenvalue weighted by Crippen LogP contribution is 2.13. The molecule has 0 aliphatic rings. The lowest BCUT2D eigenvalue weighted by atomic mass is 10.1. The second kappa shape index (κ2) is 8.57. The first kappa shape index (κ1) is 16.5. The molecule has 0 radical (unpaired) electrons. The molecule has 4 nitrogen and oxygen atoms in total. The maximum Gasteiger partial charge on any atom is 0.347 e. The molecule has 0 saturated carbocycles. The van der Waals surface area contributed by atoms with Crippen molar-refractivity contribution in [3.63, 3.8) is 0 Å². The standard InChI is InChI=1S/C19H19NO3/c1-22-17-10-8-15(9-11-17)12-13-20-14-18(19(21)23-2)16-6-4-3-5-7-16/h3-11H,12-13H2,1-2H3. The molecule has 2 aromatic carbocycles. The first-order chi connectivity index (χ1) is 11.2. The number of carbonyl (C=O) groups excluding carboxylic acids is 1. The predicted molar refractivity (Wildman–Crippen MR) is 90.9 cm³/mol. The number of aliphatic imine (C=N–C) groups is 1. The van der Waals surface area contributed by atoms with Gasteiger partial charge in [0.2, 0.25) is 0 Å². The largest absolute Gasteiger partial charge is 0.497 e. The Morgan fingerprint density at radius 3 is 2.35 bits per heavy atom. The zero-order valence-corrected chi connectivity index (χ0v) is 13.3. The number of hydrogen-bond acceptors (Lipinski definition) is 4. The van der Waals surface area contributed by atoms with Gasteiger partial charge in [-0.25, -0.2) is 9.79 Å². The summed E-state index contributed by atoms with van der Waals surface area (Å²) in [5, 5.41) is 0. The SMILES string of the molecule is COC(=O)C(=C=NCCc1ccc(OC)cc1)c1ccccc1. The van der Waals surface area contributed by atoms with Crippen molar-refractivity contribution in [1.82, 2.24) is 0 Å². The molecule has 0 spiro atoms. The zero-order valence-electron chi connectivity index (χ0n) is 13.3. The van der Waals surface area contributed by atoms with E-state index in [9.17, 15) is 4.79 Å². The summed E-state index contributed by atoms with van der Waals surface area (Å²) in [4.78, 5) is 16.1. The maximum atomic E-state index is 11.9. The minimum Gasteiger partial charge on any atom is -0.497 e. The van der Waals surface area contributed by atoms with Crippen molar-refractivity contribution >= 4 is 17.4 Å². The summed E-state index contributed by atoms with van der Waals surface area (Å²) in [6, 6.07) is 17.1. The third-order valence-electron chi connectivity index (χ3n) is 3.31. The van der Waals surface area contributed by atoms with Crippen LogP contribution in [-0.4, -0.2) is 32.6 Å². The van der Waals surface area contributed by atoms with E-state index in [1.807, 2.05) is 54.6 Å². The van der Waals surface area contributed by atoms with Gasteiger partial charge in [0, 0.05) is 0 Å². The van der Waals surface area contributed by atoms with Gasteiger partial charge in [-0.1, -0.05) is 42.5 Å². The van der Waals surface area contributed by atoms with Crippen molar-refractivity contribution in [3.05, 3.63) is 65.7 Å². The van der Waals surface area contributed by atoms with Gasteiger partial charge in [0.05, 0.1) is 20.8 Å². The molecule has 0 saturated heterocycles. The molecule has 0 bridgehead atoms. The second-order valence-electron chi connectivity index (χ2n) is 4.82. The molecule has 0 fully saturated rings. The second-order valence-corrected chi connectivity index (χ2v) is 4.82. The van der Waals surface area contributed by atoms with Crippen LogP contribution in [0.1, 0.15) is 11.1 Å². The molecule has 0 unspecified atom stereocenters. The van der Waals surface area contributed by atoms with Gasteiger partial charge in [-0.05, 0) is 35.6 Å². The van der Waals surface area contributed by atoms with Crippen LogP contribution in [-0.2, 0) is 16.0 Å². The van der Waals surface area contributed by atoms with E-state index >= 15 is 0 Å². The fourth-order valence-corrected chi connectivity index (χ4v) is 2.05. The minimum atomic E-state index is -0.440. The molecule has 2 aromatic rings. The summed E-state index contributed by atoms with van der Waals surface area (Å²) in [6.45, 7) is 0.541. The third-order valence-corrected chi connectivity index (χ3v) is 3.31. The monoisotopic (exact) mass is 309 g/mol. The number of carbonyl (C=O) groups is 1. The smallest absolute Gasteiger partial charge is 0.347 e. The third kappa shape index (κ3) is 4.83. The summed E-state index contributed by atoms with van der Waals surface area (Å²) in [7, 11) is 2.99. The van der Waals surface area contributed by atoms with Crippen molar-refractivity contribution in [2.75, 3.05) is 20.8 Å². The first-order valence-electron chi connectivity index (χ1n) is 7.30. The first-order valence-corrected chi connectivity index (χ1v) is 7.30. The van der Waals surface area contributed by atoms with Gasteiger partial charge >= 0.3 is 5.97 Å². The molecular formula is C19H19NO3. The van der Waals surface area contributed by atoms with Crippen molar-refractivity contribution in [2.24, 2.45) is 4.99 Å². The zero-order chi connectivity index (χ0) is 16.5. The Labute approximate surface area is 136 Å². The Balaban J connectivity index is 2.09. The summed E-state index contributed by atoms with van der Waals surface area (Å²) in [6.07, 6.45) is 0.764. The van der Waals surface area contributed by atoms with E-state index in [1.54, 1.807) is 7.11 Å². The summed E-state index contributed by atoms with van der Waals surface area (Å²) < 4.78 is 9.92. The molecule has 0 aromatic heterocycles. The van der Waals surface area contributed by atoms with Crippen molar-refractivity contribution in [1.29, 1.82) is 0 Å². The number of hydrogen-bond donors (Lipinski definition) is 0. The predicted octanol–water partition coefficient (Wildman–Crippen LogP) is 3.16. The Kier molecular flexibility index (Phi) is 6.16. The number of nitrogens with zero attached hydrogens (tertiary/aromatic N) is 1. The Morgan fingerprint density at radius 2 is 1.74 bits per heavy atom. The van der Waals surface area contributed by atoms with E-state index in [-0.39, 0.29) is 0 Å². The van der Waals surface area contributed by atoms with Gasteiger partial charge in [-0.2, -0.15) is 0 Å². The number of benzene rings is 2. The quantitative estimate of drug-likeness (QED) is 0.468. The van der Waals surface area contributed by atoms with E-state index in [0.717, 1.165) is 23.3 Å². The van der Waals surface area contributed by atoms with Crippen LogP contribution in [0, 0.1) is 0 Å². The highest BCUT2D eigenvalue weighted by atomic mass is 16.5. The van der Waals surface area contributed by atoms with E-state index in [4.69, 9.17) is 9.47 Å². The minimum absolute atomic E-state index is 0.336. The van der Waals surface area contributed by atoms with Gasteiger partial charge < -0.3 is 9.47 Å². The van der Waals surface area contributed by atoms with E-state index in [0.29, 0.717) is 12.1 Å².